The molecule has 1 aromatic carbocycles. The molecule has 5 nitrogen and oxygen atoms in total. The Balaban J connectivity index is 1.80. The first kappa shape index (κ1) is 21.0. The molecule has 0 spiro atoms. The van der Waals surface area contributed by atoms with Crippen molar-refractivity contribution in [3.63, 3.8) is 0 Å². The van der Waals surface area contributed by atoms with Crippen LogP contribution in [-0.2, 0) is 21.8 Å². The van der Waals surface area contributed by atoms with E-state index in [1.165, 1.54) is 38.2 Å². The zero-order valence-corrected chi connectivity index (χ0v) is 18.5. The molecule has 0 unspecified atom stereocenters. The Hall–Kier alpha value is -2.28. The second-order valence-corrected chi connectivity index (χ2v) is 11.2. The van der Waals surface area contributed by atoms with Crippen LogP contribution in [0.2, 0.25) is 0 Å². The topological polar surface area (TPSA) is 64.8 Å². The number of sulfone groups is 1. The van der Waals surface area contributed by atoms with E-state index in [1.54, 1.807) is 12.1 Å². The first-order chi connectivity index (χ1) is 14.2. The number of imidazole rings is 1. The minimum absolute atomic E-state index is 0.105. The Labute approximate surface area is 177 Å². The predicted octanol–water partition coefficient (Wildman–Crippen LogP) is 5.28. The number of hydrogen-bond donors (Lipinski definition) is 0. The highest BCUT2D eigenvalue weighted by molar-refractivity contribution is 7.91. The van der Waals surface area contributed by atoms with E-state index in [4.69, 9.17) is 4.98 Å². The lowest BCUT2D eigenvalue weighted by atomic mass is 9.88. The summed E-state index contributed by atoms with van der Waals surface area (Å²) in [5.74, 6) is 0.775. The Morgan fingerprint density at radius 3 is 2.43 bits per heavy atom. The van der Waals surface area contributed by atoms with Gasteiger partial charge in [0.25, 0.3) is 0 Å². The van der Waals surface area contributed by atoms with Crippen molar-refractivity contribution in [1.29, 1.82) is 0 Å². The smallest absolute Gasteiger partial charge is 0.214 e. The minimum Gasteiger partial charge on any atom is -0.327 e. The molecule has 0 atom stereocenters. The maximum Gasteiger partial charge on any atom is 0.214 e. The second kappa shape index (κ2) is 7.76. The molecule has 0 saturated heterocycles. The first-order valence-electron chi connectivity index (χ1n) is 10.5. The molecule has 0 bridgehead atoms. The summed E-state index contributed by atoms with van der Waals surface area (Å²) < 4.78 is 41.8. The summed E-state index contributed by atoms with van der Waals surface area (Å²) in [5, 5.41) is 0. The summed E-state index contributed by atoms with van der Waals surface area (Å²) in [6, 6.07) is 7.30. The molecule has 3 aromatic rings. The number of rotatable bonds is 4. The Bertz CT molecular complexity index is 1170. The number of nitrogens with zero attached hydrogens (tertiary/aromatic N) is 3. The van der Waals surface area contributed by atoms with Crippen LogP contribution in [0, 0.1) is 11.9 Å². The molecular weight excluding hydrogens is 401 g/mol. The standard InChI is InChI=1S/C23H28FN3O2S/c1-23(2,3)22-26-19-13-17(30(28,29)18-11-12-25-21(24)14-18)9-10-20(19)27(22)15-16-7-5-4-6-8-16/h9-14,16H,4-8,15H2,1-3H3. The summed E-state index contributed by atoms with van der Waals surface area (Å²) in [7, 11) is -3.85. The minimum atomic E-state index is -3.85. The second-order valence-electron chi connectivity index (χ2n) is 9.27. The van der Waals surface area contributed by atoms with E-state index in [0.29, 0.717) is 11.4 Å². The van der Waals surface area contributed by atoms with Crippen molar-refractivity contribution in [3.8, 4) is 0 Å². The van der Waals surface area contributed by atoms with Crippen LogP contribution in [0.1, 0.15) is 58.7 Å². The number of aromatic nitrogens is 3. The van der Waals surface area contributed by atoms with Crippen molar-refractivity contribution in [2.45, 2.75) is 74.6 Å². The maximum absolute atomic E-state index is 13.5. The van der Waals surface area contributed by atoms with E-state index in [9.17, 15) is 12.8 Å². The molecule has 0 radical (unpaired) electrons. The number of pyridine rings is 1. The van der Waals surface area contributed by atoms with E-state index >= 15 is 0 Å². The molecule has 0 aliphatic heterocycles. The summed E-state index contributed by atoms with van der Waals surface area (Å²) in [6.45, 7) is 7.29. The van der Waals surface area contributed by atoms with Gasteiger partial charge in [0.2, 0.25) is 15.8 Å². The largest absolute Gasteiger partial charge is 0.327 e. The van der Waals surface area contributed by atoms with Crippen molar-refractivity contribution >= 4 is 20.9 Å². The van der Waals surface area contributed by atoms with Gasteiger partial charge in [-0.1, -0.05) is 40.0 Å². The van der Waals surface area contributed by atoms with E-state index in [1.807, 2.05) is 6.07 Å². The summed E-state index contributed by atoms with van der Waals surface area (Å²) in [5.41, 5.74) is 1.44. The fourth-order valence-electron chi connectivity index (χ4n) is 4.35. The van der Waals surface area contributed by atoms with Crippen LogP contribution < -0.4 is 0 Å². The molecule has 1 aliphatic rings. The number of benzene rings is 1. The molecule has 2 heterocycles. The third-order valence-corrected chi connectivity index (χ3v) is 7.62. The Morgan fingerprint density at radius 2 is 1.77 bits per heavy atom. The lowest BCUT2D eigenvalue weighted by molar-refractivity contribution is 0.313. The van der Waals surface area contributed by atoms with Gasteiger partial charge in [-0.05, 0) is 43.0 Å². The molecule has 0 N–H and O–H groups in total. The van der Waals surface area contributed by atoms with Crippen LogP contribution in [0.5, 0.6) is 0 Å². The Kier molecular flexibility index (Phi) is 5.43. The van der Waals surface area contributed by atoms with Crippen molar-refractivity contribution in [3.05, 3.63) is 48.3 Å². The van der Waals surface area contributed by atoms with Crippen LogP contribution in [0.3, 0.4) is 0 Å². The quantitative estimate of drug-likeness (QED) is 0.529. The third-order valence-electron chi connectivity index (χ3n) is 5.87. The summed E-state index contributed by atoms with van der Waals surface area (Å²) in [4.78, 5) is 8.30. The highest BCUT2D eigenvalue weighted by atomic mass is 32.2. The molecule has 0 amide bonds. The van der Waals surface area contributed by atoms with Crippen molar-refractivity contribution in [1.82, 2.24) is 14.5 Å². The van der Waals surface area contributed by atoms with Gasteiger partial charge in [0.15, 0.2) is 0 Å². The van der Waals surface area contributed by atoms with Crippen LogP contribution in [0.4, 0.5) is 4.39 Å². The molecule has 160 valence electrons. The lowest BCUT2D eigenvalue weighted by Crippen LogP contribution is -2.22. The lowest BCUT2D eigenvalue weighted by Gasteiger charge is -2.26. The van der Waals surface area contributed by atoms with Crippen molar-refractivity contribution in [2.75, 3.05) is 0 Å². The molecule has 7 heteroatoms. The van der Waals surface area contributed by atoms with Crippen molar-refractivity contribution in [2.24, 2.45) is 5.92 Å². The van der Waals surface area contributed by atoms with Crippen molar-refractivity contribution < 1.29 is 12.8 Å². The summed E-state index contributed by atoms with van der Waals surface area (Å²) >= 11 is 0. The third kappa shape index (κ3) is 4.00. The van der Waals surface area contributed by atoms with Gasteiger partial charge in [-0.3, -0.25) is 0 Å². The zero-order chi connectivity index (χ0) is 21.5. The molecule has 1 saturated carbocycles. The van der Waals surface area contributed by atoms with Crippen LogP contribution in [0.25, 0.3) is 11.0 Å². The number of hydrogen-bond acceptors (Lipinski definition) is 4. The molecule has 30 heavy (non-hydrogen) atoms. The normalized spacial score (nSPS) is 16.3. The monoisotopic (exact) mass is 429 g/mol. The van der Waals surface area contributed by atoms with Gasteiger partial charge in [-0.2, -0.15) is 4.39 Å². The van der Waals surface area contributed by atoms with E-state index in [-0.39, 0.29) is 15.2 Å². The van der Waals surface area contributed by atoms with E-state index in [2.05, 4.69) is 30.3 Å². The maximum atomic E-state index is 13.5. The van der Waals surface area contributed by atoms with Gasteiger partial charge in [-0.15, -0.1) is 0 Å². The Morgan fingerprint density at radius 1 is 1.07 bits per heavy atom. The van der Waals surface area contributed by atoms with Gasteiger partial charge < -0.3 is 4.57 Å². The van der Waals surface area contributed by atoms with Crippen LogP contribution in [-0.4, -0.2) is 23.0 Å². The van der Waals surface area contributed by atoms with E-state index in [0.717, 1.165) is 30.1 Å². The highest BCUT2D eigenvalue weighted by Crippen LogP contribution is 2.33. The highest BCUT2D eigenvalue weighted by Gasteiger charge is 2.27. The number of halogens is 1. The molecule has 1 fully saturated rings. The average molecular weight is 430 g/mol. The molecule has 4 rings (SSSR count). The predicted molar refractivity (Wildman–Crippen MR) is 115 cm³/mol. The van der Waals surface area contributed by atoms with Gasteiger partial charge in [-0.25, -0.2) is 18.4 Å². The van der Waals surface area contributed by atoms with Crippen LogP contribution >= 0.6 is 0 Å². The fourth-order valence-corrected chi connectivity index (χ4v) is 5.63. The van der Waals surface area contributed by atoms with E-state index < -0.39 is 15.8 Å². The zero-order valence-electron chi connectivity index (χ0n) is 17.7. The number of fused-ring (bicyclic) bond motifs is 1. The van der Waals surface area contributed by atoms with Gasteiger partial charge in [0.1, 0.15) is 5.82 Å². The van der Waals surface area contributed by atoms with Crippen LogP contribution in [0.15, 0.2) is 46.3 Å². The summed E-state index contributed by atoms with van der Waals surface area (Å²) in [6.07, 6.45) is 7.47. The van der Waals surface area contributed by atoms with Gasteiger partial charge in [0.05, 0.1) is 20.8 Å². The molecule has 1 aliphatic carbocycles. The molecular formula is C23H28FN3O2S. The fraction of sp³-hybridized carbons (Fsp3) is 0.478. The average Bonchev–Trinajstić information content (AvgIpc) is 3.07. The first-order valence-corrected chi connectivity index (χ1v) is 12.0. The van der Waals surface area contributed by atoms with Gasteiger partial charge in [0, 0.05) is 24.2 Å². The SMILES string of the molecule is CC(C)(C)c1nc2cc(S(=O)(=O)c3ccnc(F)c3)ccc2n1CC1CCCCC1. The van der Waals surface area contributed by atoms with Gasteiger partial charge >= 0.3 is 0 Å². The molecule has 2 aromatic heterocycles.